The van der Waals surface area contributed by atoms with Crippen LogP contribution in [0.25, 0.3) is 4.96 Å². The maximum absolute atomic E-state index is 13.6. The number of imidazole rings is 1. The van der Waals surface area contributed by atoms with E-state index >= 15 is 0 Å². The molecule has 0 radical (unpaired) electrons. The van der Waals surface area contributed by atoms with Crippen molar-refractivity contribution >= 4 is 40.0 Å². The van der Waals surface area contributed by atoms with Crippen molar-refractivity contribution in [2.24, 2.45) is 5.10 Å². The summed E-state index contributed by atoms with van der Waals surface area (Å²) in [6.07, 6.45) is 2.93. The summed E-state index contributed by atoms with van der Waals surface area (Å²) in [6, 6.07) is 4.31. The Labute approximate surface area is 134 Å². The van der Waals surface area contributed by atoms with Crippen molar-refractivity contribution < 1.29 is 9.18 Å². The lowest BCUT2D eigenvalue weighted by molar-refractivity contribution is 0.0948. The molecule has 0 spiro atoms. The normalized spacial score (nSPS) is 11.4. The van der Waals surface area contributed by atoms with Gasteiger partial charge in [-0.25, -0.2) is 14.8 Å². The second-order valence-corrected chi connectivity index (χ2v) is 5.72. The van der Waals surface area contributed by atoms with Crippen molar-refractivity contribution in [3.05, 3.63) is 57.6 Å². The van der Waals surface area contributed by atoms with Gasteiger partial charge in [-0.05, 0) is 19.1 Å². The molecule has 1 N–H and O–H groups in total. The van der Waals surface area contributed by atoms with E-state index in [1.807, 2.05) is 5.38 Å². The molecule has 112 valence electrons. The van der Waals surface area contributed by atoms with Crippen LogP contribution in [0.4, 0.5) is 4.39 Å². The summed E-state index contributed by atoms with van der Waals surface area (Å²) in [6.45, 7) is 1.74. The minimum absolute atomic E-state index is 0.121. The molecule has 0 aliphatic heterocycles. The van der Waals surface area contributed by atoms with E-state index < -0.39 is 11.7 Å². The fourth-order valence-electron chi connectivity index (χ4n) is 2.01. The second-order valence-electron chi connectivity index (χ2n) is 4.44. The van der Waals surface area contributed by atoms with E-state index in [1.54, 1.807) is 23.6 Å². The van der Waals surface area contributed by atoms with Crippen LogP contribution in [0.2, 0.25) is 5.02 Å². The highest BCUT2D eigenvalue weighted by atomic mass is 35.5. The van der Waals surface area contributed by atoms with E-state index in [0.29, 0.717) is 11.4 Å². The van der Waals surface area contributed by atoms with Crippen molar-refractivity contribution in [3.8, 4) is 0 Å². The Balaban J connectivity index is 1.82. The molecule has 2 heterocycles. The van der Waals surface area contributed by atoms with Gasteiger partial charge in [0.25, 0.3) is 5.91 Å². The van der Waals surface area contributed by atoms with Gasteiger partial charge in [0.1, 0.15) is 11.5 Å². The highest BCUT2D eigenvalue weighted by molar-refractivity contribution is 7.15. The van der Waals surface area contributed by atoms with E-state index in [0.717, 1.165) is 4.96 Å². The average molecular weight is 337 g/mol. The van der Waals surface area contributed by atoms with E-state index in [2.05, 4.69) is 15.5 Å². The Morgan fingerprint density at radius 1 is 1.55 bits per heavy atom. The first-order chi connectivity index (χ1) is 10.6. The number of thiazole rings is 1. The molecule has 0 bridgehead atoms. The molecule has 1 amide bonds. The Hall–Kier alpha value is -2.25. The van der Waals surface area contributed by atoms with Gasteiger partial charge in [0, 0.05) is 17.1 Å². The van der Waals surface area contributed by atoms with Gasteiger partial charge >= 0.3 is 0 Å². The van der Waals surface area contributed by atoms with Crippen molar-refractivity contribution in [3.63, 3.8) is 0 Å². The molecule has 0 fully saturated rings. The van der Waals surface area contributed by atoms with Gasteiger partial charge in [0.2, 0.25) is 0 Å². The van der Waals surface area contributed by atoms with Crippen LogP contribution >= 0.6 is 22.9 Å². The molecule has 3 aromatic rings. The average Bonchev–Trinajstić information content (AvgIpc) is 3.01. The lowest BCUT2D eigenvalue weighted by Crippen LogP contribution is -2.20. The number of hydrazone groups is 1. The standard InChI is InChI=1S/C14H10ClFN4OS/c1-8-12(20-5-6-22-14(20)18-8)13(21)19-17-7-9-10(15)3-2-4-11(9)16/h2-7H,1H3,(H,19,21)/b17-7+. The number of halogens is 2. The number of hydrogen-bond donors (Lipinski definition) is 1. The maximum Gasteiger partial charge on any atom is 0.290 e. The number of carbonyl (C=O) groups is 1. The molecule has 0 saturated carbocycles. The predicted molar refractivity (Wildman–Crippen MR) is 84.3 cm³/mol. The van der Waals surface area contributed by atoms with Crippen LogP contribution in [0.3, 0.4) is 0 Å². The highest BCUT2D eigenvalue weighted by Crippen LogP contribution is 2.17. The number of aromatic nitrogens is 2. The molecular weight excluding hydrogens is 327 g/mol. The lowest BCUT2D eigenvalue weighted by atomic mass is 10.2. The zero-order chi connectivity index (χ0) is 15.7. The lowest BCUT2D eigenvalue weighted by Gasteiger charge is -2.01. The van der Waals surface area contributed by atoms with Crippen LogP contribution in [-0.2, 0) is 0 Å². The largest absolute Gasteiger partial charge is 0.290 e. The van der Waals surface area contributed by atoms with E-state index in [-0.39, 0.29) is 10.6 Å². The van der Waals surface area contributed by atoms with Crippen LogP contribution in [0, 0.1) is 12.7 Å². The summed E-state index contributed by atoms with van der Waals surface area (Å²) in [7, 11) is 0. The van der Waals surface area contributed by atoms with Gasteiger partial charge in [0.15, 0.2) is 4.96 Å². The minimum Gasteiger partial charge on any atom is -0.286 e. The van der Waals surface area contributed by atoms with Gasteiger partial charge in [-0.1, -0.05) is 17.7 Å². The molecule has 0 atom stereocenters. The van der Waals surface area contributed by atoms with Crippen LogP contribution in [0.5, 0.6) is 0 Å². The summed E-state index contributed by atoms with van der Waals surface area (Å²) in [5.41, 5.74) is 3.48. The van der Waals surface area contributed by atoms with E-state index in [4.69, 9.17) is 11.6 Å². The topological polar surface area (TPSA) is 58.8 Å². The molecular formula is C14H10ClFN4OS. The summed E-state index contributed by atoms with van der Waals surface area (Å²) < 4.78 is 15.3. The number of aryl methyl sites for hydroxylation is 1. The monoisotopic (exact) mass is 336 g/mol. The number of nitrogens with one attached hydrogen (secondary N) is 1. The molecule has 8 heteroatoms. The SMILES string of the molecule is Cc1nc2sccn2c1C(=O)N/N=C/c1c(F)cccc1Cl. The first-order valence-corrected chi connectivity index (χ1v) is 7.53. The van der Waals surface area contributed by atoms with Gasteiger partial charge in [0.05, 0.1) is 16.9 Å². The van der Waals surface area contributed by atoms with Gasteiger partial charge in [-0.2, -0.15) is 5.10 Å². The molecule has 0 saturated heterocycles. The molecule has 3 rings (SSSR count). The Morgan fingerprint density at radius 2 is 2.36 bits per heavy atom. The quantitative estimate of drug-likeness (QED) is 0.589. The van der Waals surface area contributed by atoms with Crippen molar-refractivity contribution in [1.29, 1.82) is 0 Å². The Bertz CT molecular complexity index is 866. The summed E-state index contributed by atoms with van der Waals surface area (Å²) in [5, 5.41) is 5.82. The number of amides is 1. The fraction of sp³-hybridized carbons (Fsp3) is 0.0714. The van der Waals surface area contributed by atoms with E-state index in [9.17, 15) is 9.18 Å². The van der Waals surface area contributed by atoms with E-state index in [1.165, 1.54) is 29.7 Å². The van der Waals surface area contributed by atoms with Crippen LogP contribution < -0.4 is 5.43 Å². The van der Waals surface area contributed by atoms with Crippen LogP contribution in [-0.4, -0.2) is 21.5 Å². The number of nitrogens with zero attached hydrogens (tertiary/aromatic N) is 3. The smallest absolute Gasteiger partial charge is 0.286 e. The van der Waals surface area contributed by atoms with Gasteiger partial charge < -0.3 is 0 Å². The highest BCUT2D eigenvalue weighted by Gasteiger charge is 2.16. The van der Waals surface area contributed by atoms with Crippen LogP contribution in [0.1, 0.15) is 21.7 Å². The number of fused-ring (bicyclic) bond motifs is 1. The zero-order valence-electron chi connectivity index (χ0n) is 11.4. The Morgan fingerprint density at radius 3 is 3.14 bits per heavy atom. The summed E-state index contributed by atoms with van der Waals surface area (Å²) in [4.78, 5) is 17.2. The molecule has 0 aliphatic rings. The maximum atomic E-state index is 13.6. The van der Waals surface area contributed by atoms with Gasteiger partial charge in [-0.3, -0.25) is 9.20 Å². The molecule has 0 unspecified atom stereocenters. The number of carbonyl (C=O) groups excluding carboxylic acids is 1. The third-order valence-electron chi connectivity index (χ3n) is 3.01. The third-order valence-corrected chi connectivity index (χ3v) is 4.10. The summed E-state index contributed by atoms with van der Waals surface area (Å²) >= 11 is 7.31. The minimum atomic E-state index is -0.508. The first-order valence-electron chi connectivity index (χ1n) is 6.27. The van der Waals surface area contributed by atoms with Gasteiger partial charge in [-0.15, -0.1) is 11.3 Å². The molecule has 1 aromatic carbocycles. The van der Waals surface area contributed by atoms with Crippen molar-refractivity contribution in [2.75, 3.05) is 0 Å². The molecule has 0 aliphatic carbocycles. The summed E-state index contributed by atoms with van der Waals surface area (Å²) in [5.74, 6) is -0.932. The first kappa shape index (κ1) is 14.7. The van der Waals surface area contributed by atoms with Crippen molar-refractivity contribution in [1.82, 2.24) is 14.8 Å². The second kappa shape index (κ2) is 5.86. The predicted octanol–water partition coefficient (Wildman–Crippen LogP) is 3.26. The fourth-order valence-corrected chi connectivity index (χ4v) is 2.98. The number of hydrogen-bond acceptors (Lipinski definition) is 4. The molecule has 2 aromatic heterocycles. The van der Waals surface area contributed by atoms with Crippen LogP contribution in [0.15, 0.2) is 34.9 Å². The molecule has 22 heavy (non-hydrogen) atoms. The molecule has 5 nitrogen and oxygen atoms in total. The number of rotatable bonds is 3. The third kappa shape index (κ3) is 2.60. The zero-order valence-corrected chi connectivity index (χ0v) is 13.0. The Kier molecular flexibility index (Phi) is 3.91. The van der Waals surface area contributed by atoms with Crippen molar-refractivity contribution in [2.45, 2.75) is 6.92 Å². The number of benzene rings is 1.